The Labute approximate surface area is 215 Å². The Morgan fingerprint density at radius 1 is 0.892 bits per heavy atom. The number of para-hydroxylation sites is 2. The quantitative estimate of drug-likeness (QED) is 0.215. The van der Waals surface area contributed by atoms with Crippen LogP contribution < -0.4 is 9.64 Å². The molecule has 6 heteroatoms. The highest BCUT2D eigenvalue weighted by molar-refractivity contribution is 6.23. The number of ether oxygens (including phenoxy) is 2. The lowest BCUT2D eigenvalue weighted by Gasteiger charge is -2.22. The van der Waals surface area contributed by atoms with Crippen molar-refractivity contribution in [1.29, 1.82) is 0 Å². The zero-order valence-corrected chi connectivity index (χ0v) is 20.5. The van der Waals surface area contributed by atoms with E-state index in [4.69, 9.17) is 13.9 Å². The summed E-state index contributed by atoms with van der Waals surface area (Å²) in [5.74, 6) is 1.23. The molecule has 0 bridgehead atoms. The number of rotatable bonds is 7. The third-order valence-corrected chi connectivity index (χ3v) is 5.98. The molecule has 0 fully saturated rings. The Morgan fingerprint density at radius 2 is 1.62 bits per heavy atom. The smallest absolute Gasteiger partial charge is 0.338 e. The van der Waals surface area contributed by atoms with Crippen LogP contribution in [0.15, 0.2) is 107 Å². The number of hydrogen-bond acceptors (Lipinski definition) is 5. The predicted molar refractivity (Wildman–Crippen MR) is 143 cm³/mol. The Kier molecular flexibility index (Phi) is 6.72. The fourth-order valence-corrected chi connectivity index (χ4v) is 4.21. The van der Waals surface area contributed by atoms with Crippen molar-refractivity contribution in [2.24, 2.45) is 0 Å². The van der Waals surface area contributed by atoms with Crippen LogP contribution in [0, 0.1) is 0 Å². The molecule has 0 spiro atoms. The van der Waals surface area contributed by atoms with Gasteiger partial charge in [0.05, 0.1) is 30.7 Å². The first-order chi connectivity index (χ1) is 18.1. The van der Waals surface area contributed by atoms with Gasteiger partial charge in [-0.1, -0.05) is 54.6 Å². The molecule has 4 aromatic rings. The Bertz CT molecular complexity index is 1500. The van der Waals surface area contributed by atoms with Crippen LogP contribution in [-0.4, -0.2) is 25.6 Å². The van der Waals surface area contributed by atoms with E-state index in [2.05, 4.69) is 0 Å². The maximum Gasteiger partial charge on any atom is 0.338 e. The van der Waals surface area contributed by atoms with Gasteiger partial charge in [-0.3, -0.25) is 9.69 Å². The largest absolute Gasteiger partial charge is 0.495 e. The molecule has 0 saturated heterocycles. The van der Waals surface area contributed by atoms with Crippen LogP contribution in [0.4, 0.5) is 5.69 Å². The number of esters is 1. The van der Waals surface area contributed by atoms with E-state index < -0.39 is 0 Å². The van der Waals surface area contributed by atoms with Crippen LogP contribution in [0.3, 0.4) is 0 Å². The number of methoxy groups -OCH3 is 1. The first kappa shape index (κ1) is 23.9. The summed E-state index contributed by atoms with van der Waals surface area (Å²) in [6.07, 6.45) is 3.59. The highest BCUT2D eigenvalue weighted by Gasteiger charge is 2.32. The molecule has 2 heterocycles. The molecule has 1 aliphatic heterocycles. The third kappa shape index (κ3) is 4.82. The first-order valence-electron chi connectivity index (χ1n) is 11.9. The number of amides is 1. The van der Waals surface area contributed by atoms with Crippen molar-refractivity contribution in [3.05, 3.63) is 120 Å². The second-order valence-corrected chi connectivity index (χ2v) is 8.31. The average Bonchev–Trinajstić information content (AvgIpc) is 3.54. The summed E-state index contributed by atoms with van der Waals surface area (Å²) in [6, 6.07) is 27.9. The van der Waals surface area contributed by atoms with E-state index in [-0.39, 0.29) is 11.9 Å². The fourth-order valence-electron chi connectivity index (χ4n) is 4.21. The molecule has 37 heavy (non-hydrogen) atoms. The minimum absolute atomic E-state index is 0.180. The normalized spacial score (nSPS) is 14.1. The van der Waals surface area contributed by atoms with Crippen LogP contribution in [0.1, 0.15) is 28.6 Å². The van der Waals surface area contributed by atoms with Crippen molar-refractivity contribution in [2.45, 2.75) is 6.92 Å². The molecule has 6 nitrogen and oxygen atoms in total. The SMILES string of the molecule is CCOC(=O)c1ccc(-c2ccc(C=C3C=C(c4ccccc4)N(c4ccccc4OC)C3=O)o2)cc1. The van der Waals surface area contributed by atoms with Gasteiger partial charge in [0.1, 0.15) is 17.3 Å². The Balaban J connectivity index is 1.48. The van der Waals surface area contributed by atoms with Gasteiger partial charge in [-0.2, -0.15) is 0 Å². The molecule has 1 aliphatic rings. The van der Waals surface area contributed by atoms with Gasteiger partial charge in [0, 0.05) is 11.1 Å². The van der Waals surface area contributed by atoms with E-state index in [0.717, 1.165) is 16.8 Å². The van der Waals surface area contributed by atoms with E-state index in [1.54, 1.807) is 49.3 Å². The molecule has 0 atom stereocenters. The molecule has 0 unspecified atom stereocenters. The molecule has 3 aromatic carbocycles. The molecule has 1 aromatic heterocycles. The van der Waals surface area contributed by atoms with Crippen LogP contribution in [0.5, 0.6) is 5.75 Å². The molecule has 5 rings (SSSR count). The summed E-state index contributed by atoms with van der Waals surface area (Å²) in [4.78, 5) is 27.2. The number of carbonyl (C=O) groups is 2. The third-order valence-electron chi connectivity index (χ3n) is 5.98. The van der Waals surface area contributed by atoms with Crippen molar-refractivity contribution >= 4 is 29.3 Å². The number of carbonyl (C=O) groups excluding carboxylic acids is 2. The van der Waals surface area contributed by atoms with Gasteiger partial charge in [-0.25, -0.2) is 4.79 Å². The number of furan rings is 1. The van der Waals surface area contributed by atoms with Gasteiger partial charge in [-0.15, -0.1) is 0 Å². The Hall–Kier alpha value is -4.84. The summed E-state index contributed by atoms with van der Waals surface area (Å²) in [6.45, 7) is 2.10. The van der Waals surface area contributed by atoms with E-state index in [1.807, 2.05) is 72.8 Å². The predicted octanol–water partition coefficient (Wildman–Crippen LogP) is 6.60. The van der Waals surface area contributed by atoms with Gasteiger partial charge in [-0.05, 0) is 61.0 Å². The van der Waals surface area contributed by atoms with Crippen LogP contribution in [0.2, 0.25) is 0 Å². The van der Waals surface area contributed by atoms with Crippen molar-refractivity contribution < 1.29 is 23.5 Å². The lowest BCUT2D eigenvalue weighted by Crippen LogP contribution is -2.25. The first-order valence-corrected chi connectivity index (χ1v) is 11.9. The van der Waals surface area contributed by atoms with Crippen molar-refractivity contribution in [3.8, 4) is 17.1 Å². The summed E-state index contributed by atoms with van der Waals surface area (Å²) in [5, 5.41) is 0. The number of hydrogen-bond donors (Lipinski definition) is 0. The van der Waals surface area contributed by atoms with Gasteiger partial charge < -0.3 is 13.9 Å². The summed E-state index contributed by atoms with van der Waals surface area (Å²) < 4.78 is 16.6. The topological polar surface area (TPSA) is 69.0 Å². The van der Waals surface area contributed by atoms with Crippen LogP contribution >= 0.6 is 0 Å². The summed E-state index contributed by atoms with van der Waals surface area (Å²) >= 11 is 0. The lowest BCUT2D eigenvalue weighted by molar-refractivity contribution is -0.113. The standard InChI is InChI=1S/C31H25NO5/c1-3-36-31(34)23-15-13-22(14-16-23)28-18-17-25(37-28)19-24-20-27(21-9-5-4-6-10-21)32(30(24)33)26-11-7-8-12-29(26)35-2/h4-20H,3H2,1-2H3. The van der Waals surface area contributed by atoms with E-state index in [0.29, 0.717) is 40.7 Å². The highest BCUT2D eigenvalue weighted by atomic mass is 16.5. The molecular weight excluding hydrogens is 466 g/mol. The second-order valence-electron chi connectivity index (χ2n) is 8.31. The van der Waals surface area contributed by atoms with Gasteiger partial charge in [0.25, 0.3) is 5.91 Å². The van der Waals surface area contributed by atoms with Crippen LogP contribution in [0.25, 0.3) is 23.1 Å². The van der Waals surface area contributed by atoms with Gasteiger partial charge in [0.15, 0.2) is 0 Å². The average molecular weight is 492 g/mol. The van der Waals surface area contributed by atoms with Crippen molar-refractivity contribution in [2.75, 3.05) is 18.6 Å². The maximum absolute atomic E-state index is 13.7. The lowest BCUT2D eigenvalue weighted by atomic mass is 10.1. The molecule has 0 saturated carbocycles. The molecule has 0 aliphatic carbocycles. The number of benzene rings is 3. The minimum Gasteiger partial charge on any atom is -0.495 e. The number of nitrogens with zero attached hydrogens (tertiary/aromatic N) is 1. The van der Waals surface area contributed by atoms with E-state index in [1.165, 1.54) is 0 Å². The highest BCUT2D eigenvalue weighted by Crippen LogP contribution is 2.39. The Morgan fingerprint density at radius 3 is 2.35 bits per heavy atom. The van der Waals surface area contributed by atoms with Crippen molar-refractivity contribution in [1.82, 2.24) is 0 Å². The maximum atomic E-state index is 13.7. The zero-order chi connectivity index (χ0) is 25.8. The zero-order valence-electron chi connectivity index (χ0n) is 20.5. The summed E-state index contributed by atoms with van der Waals surface area (Å²) in [7, 11) is 1.59. The number of anilines is 1. The molecule has 0 N–H and O–H groups in total. The second kappa shape index (κ2) is 10.4. The summed E-state index contributed by atoms with van der Waals surface area (Å²) in [5.41, 5.74) is 4.10. The van der Waals surface area contributed by atoms with Gasteiger partial charge >= 0.3 is 5.97 Å². The van der Waals surface area contributed by atoms with E-state index >= 15 is 0 Å². The molecular formula is C31H25NO5. The van der Waals surface area contributed by atoms with Crippen molar-refractivity contribution in [3.63, 3.8) is 0 Å². The molecule has 184 valence electrons. The monoisotopic (exact) mass is 491 g/mol. The molecule has 0 radical (unpaired) electrons. The minimum atomic E-state index is -0.362. The van der Waals surface area contributed by atoms with Gasteiger partial charge in [0.2, 0.25) is 0 Å². The fraction of sp³-hybridized carbons (Fsp3) is 0.0968. The van der Waals surface area contributed by atoms with Crippen LogP contribution in [-0.2, 0) is 9.53 Å². The van der Waals surface area contributed by atoms with E-state index in [9.17, 15) is 9.59 Å². The molecule has 1 amide bonds.